The lowest BCUT2D eigenvalue weighted by Crippen LogP contribution is -2.17. The zero-order valence-corrected chi connectivity index (χ0v) is 10.3. The van der Waals surface area contributed by atoms with Crippen LogP contribution >= 0.6 is 11.3 Å². The predicted molar refractivity (Wildman–Crippen MR) is 67.3 cm³/mol. The third kappa shape index (κ3) is 1.97. The van der Waals surface area contributed by atoms with Gasteiger partial charge in [-0.3, -0.25) is 9.89 Å². The van der Waals surface area contributed by atoms with E-state index < -0.39 is 11.9 Å². The highest BCUT2D eigenvalue weighted by atomic mass is 32.1. The predicted octanol–water partition coefficient (Wildman–Crippen LogP) is 2.11. The monoisotopic (exact) mass is 264 g/mol. The van der Waals surface area contributed by atoms with Crippen LogP contribution in [-0.4, -0.2) is 26.3 Å². The zero-order valence-electron chi connectivity index (χ0n) is 9.51. The Morgan fingerprint density at radius 2 is 2.50 bits per heavy atom. The number of nitrogens with one attached hydrogen (secondary N) is 2. The van der Waals surface area contributed by atoms with E-state index in [1.54, 1.807) is 12.4 Å². The molecule has 94 valence electrons. The van der Waals surface area contributed by atoms with Crippen molar-refractivity contribution < 1.29 is 9.90 Å². The van der Waals surface area contributed by atoms with Gasteiger partial charge in [0, 0.05) is 11.1 Å². The number of carboxylic acids is 1. The topological polar surface area (TPSA) is 90.9 Å². The second-order valence-corrected chi connectivity index (χ2v) is 5.31. The van der Waals surface area contributed by atoms with Crippen molar-refractivity contribution in [3.63, 3.8) is 0 Å². The lowest BCUT2D eigenvalue weighted by atomic mass is 9.91. The molecule has 1 atom stereocenters. The van der Waals surface area contributed by atoms with Gasteiger partial charge in [0.05, 0.1) is 17.6 Å². The van der Waals surface area contributed by atoms with Crippen molar-refractivity contribution >= 4 is 28.1 Å². The molecule has 2 aromatic rings. The van der Waals surface area contributed by atoms with Crippen LogP contribution in [-0.2, 0) is 11.2 Å². The fraction of sp³-hybridized carbons (Fsp3) is 0.364. The second kappa shape index (κ2) is 4.41. The van der Waals surface area contributed by atoms with Crippen LogP contribution in [0.1, 0.15) is 29.3 Å². The molecule has 0 aliphatic heterocycles. The first-order valence-electron chi connectivity index (χ1n) is 5.72. The minimum atomic E-state index is -0.781. The van der Waals surface area contributed by atoms with E-state index >= 15 is 0 Å². The van der Waals surface area contributed by atoms with Crippen molar-refractivity contribution in [2.45, 2.75) is 25.2 Å². The quantitative estimate of drug-likeness (QED) is 0.789. The van der Waals surface area contributed by atoms with E-state index in [0.717, 1.165) is 34.2 Å². The average Bonchev–Trinajstić information content (AvgIpc) is 2.96. The molecule has 18 heavy (non-hydrogen) atoms. The molecule has 0 aromatic carbocycles. The van der Waals surface area contributed by atoms with Crippen LogP contribution in [0.25, 0.3) is 0 Å². The number of carbonyl (C=O) groups is 1. The molecule has 2 heterocycles. The first kappa shape index (κ1) is 11.2. The maximum absolute atomic E-state index is 11.2. The Balaban J connectivity index is 1.89. The fourth-order valence-corrected chi connectivity index (χ4v) is 3.24. The van der Waals surface area contributed by atoms with E-state index in [9.17, 15) is 9.90 Å². The van der Waals surface area contributed by atoms with Gasteiger partial charge in [0.1, 0.15) is 5.92 Å². The highest BCUT2D eigenvalue weighted by Gasteiger charge is 2.29. The van der Waals surface area contributed by atoms with Crippen molar-refractivity contribution in [1.82, 2.24) is 15.2 Å². The largest absolute Gasteiger partial charge is 0.481 e. The molecule has 3 N–H and O–H groups in total. The lowest BCUT2D eigenvalue weighted by Gasteiger charge is -2.16. The van der Waals surface area contributed by atoms with Crippen molar-refractivity contribution in [2.75, 3.05) is 5.32 Å². The Bertz CT molecular complexity index is 564. The molecule has 0 amide bonds. The number of hydrogen-bond acceptors (Lipinski definition) is 5. The van der Waals surface area contributed by atoms with Crippen LogP contribution in [0.2, 0.25) is 0 Å². The van der Waals surface area contributed by atoms with Gasteiger partial charge in [-0.25, -0.2) is 4.98 Å². The number of hydrogen-bond donors (Lipinski definition) is 3. The van der Waals surface area contributed by atoms with Gasteiger partial charge in [0.2, 0.25) is 0 Å². The van der Waals surface area contributed by atoms with Crippen LogP contribution in [0.15, 0.2) is 12.4 Å². The maximum atomic E-state index is 11.2. The number of H-pyrrole nitrogens is 1. The number of fused-ring (bicyclic) bond motifs is 1. The highest BCUT2D eigenvalue weighted by molar-refractivity contribution is 7.15. The van der Waals surface area contributed by atoms with E-state index in [1.165, 1.54) is 11.3 Å². The first-order chi connectivity index (χ1) is 8.74. The van der Waals surface area contributed by atoms with Crippen molar-refractivity contribution in [2.24, 2.45) is 0 Å². The number of aryl methyl sites for hydroxylation is 1. The number of aliphatic carboxylic acids is 1. The lowest BCUT2D eigenvalue weighted by molar-refractivity contribution is -0.139. The molecule has 0 saturated heterocycles. The smallest absolute Gasteiger partial charge is 0.312 e. The van der Waals surface area contributed by atoms with Gasteiger partial charge in [-0.05, 0) is 19.3 Å². The maximum Gasteiger partial charge on any atom is 0.312 e. The van der Waals surface area contributed by atoms with Gasteiger partial charge in [-0.2, -0.15) is 5.10 Å². The van der Waals surface area contributed by atoms with Crippen LogP contribution < -0.4 is 5.32 Å². The molecule has 0 bridgehead atoms. The average molecular weight is 264 g/mol. The summed E-state index contributed by atoms with van der Waals surface area (Å²) in [4.78, 5) is 16.7. The highest BCUT2D eigenvalue weighted by Crippen LogP contribution is 2.37. The summed E-state index contributed by atoms with van der Waals surface area (Å²) in [5.74, 6) is -1.24. The van der Waals surface area contributed by atoms with Crippen LogP contribution in [0, 0.1) is 0 Å². The number of aromatic nitrogens is 3. The van der Waals surface area contributed by atoms with Crippen LogP contribution in [0.5, 0.6) is 0 Å². The molecule has 6 nitrogen and oxygen atoms in total. The number of thiazole rings is 1. The fourth-order valence-electron chi connectivity index (χ4n) is 2.15. The molecule has 1 aliphatic rings. The van der Waals surface area contributed by atoms with Gasteiger partial charge in [-0.1, -0.05) is 0 Å². The summed E-state index contributed by atoms with van der Waals surface area (Å²) < 4.78 is 0. The number of aromatic amines is 1. The number of nitrogens with zero attached hydrogens (tertiary/aromatic N) is 2. The van der Waals surface area contributed by atoms with Crippen LogP contribution in [0.4, 0.5) is 10.8 Å². The Kier molecular flexibility index (Phi) is 2.75. The first-order valence-corrected chi connectivity index (χ1v) is 6.54. The normalized spacial score (nSPS) is 18.3. The molecule has 1 aliphatic carbocycles. The molecular formula is C11H12N4O2S. The SMILES string of the molecule is O=C(O)C1CCCc2sc(Nc3cn[nH]c3)nc21. The zero-order chi connectivity index (χ0) is 12.5. The van der Waals surface area contributed by atoms with Gasteiger partial charge < -0.3 is 10.4 Å². The van der Waals surface area contributed by atoms with E-state index in [-0.39, 0.29) is 0 Å². The van der Waals surface area contributed by atoms with Gasteiger partial charge in [0.15, 0.2) is 5.13 Å². The second-order valence-electron chi connectivity index (χ2n) is 4.22. The van der Waals surface area contributed by atoms with Crippen molar-refractivity contribution in [1.29, 1.82) is 0 Å². The van der Waals surface area contributed by atoms with Crippen molar-refractivity contribution in [3.8, 4) is 0 Å². The van der Waals surface area contributed by atoms with Crippen LogP contribution in [0.3, 0.4) is 0 Å². The Labute approximate surface area is 107 Å². The number of carboxylic acid groups (broad SMARTS) is 1. The Hall–Kier alpha value is -1.89. The standard InChI is InChI=1S/C11H12N4O2S/c16-10(17)7-2-1-3-8-9(7)15-11(18-8)14-6-4-12-13-5-6/h4-5,7H,1-3H2,(H,12,13)(H,14,15)(H,16,17). The Morgan fingerprint density at radius 3 is 3.22 bits per heavy atom. The van der Waals surface area contributed by atoms with E-state index in [2.05, 4.69) is 20.5 Å². The van der Waals surface area contributed by atoms with Gasteiger partial charge in [0.25, 0.3) is 0 Å². The molecule has 0 radical (unpaired) electrons. The summed E-state index contributed by atoms with van der Waals surface area (Å²) >= 11 is 1.53. The molecule has 1 unspecified atom stereocenters. The molecule has 0 fully saturated rings. The summed E-state index contributed by atoms with van der Waals surface area (Å²) in [7, 11) is 0. The molecule has 2 aromatic heterocycles. The molecular weight excluding hydrogens is 252 g/mol. The summed E-state index contributed by atoms with van der Waals surface area (Å²) in [6.07, 6.45) is 5.91. The van der Waals surface area contributed by atoms with Gasteiger partial charge >= 0.3 is 5.97 Å². The Morgan fingerprint density at radius 1 is 1.61 bits per heavy atom. The third-order valence-electron chi connectivity index (χ3n) is 3.00. The van der Waals surface area contributed by atoms with E-state index in [4.69, 9.17) is 0 Å². The number of rotatable bonds is 3. The summed E-state index contributed by atoms with van der Waals surface area (Å²) in [5.41, 5.74) is 1.55. The molecule has 0 spiro atoms. The summed E-state index contributed by atoms with van der Waals surface area (Å²) in [6, 6.07) is 0. The molecule has 7 heteroatoms. The minimum absolute atomic E-state index is 0.454. The van der Waals surface area contributed by atoms with Crippen molar-refractivity contribution in [3.05, 3.63) is 23.0 Å². The van der Waals surface area contributed by atoms with Gasteiger partial charge in [-0.15, -0.1) is 11.3 Å². The minimum Gasteiger partial charge on any atom is -0.481 e. The molecule has 0 saturated carbocycles. The third-order valence-corrected chi connectivity index (χ3v) is 4.05. The molecule has 3 rings (SSSR count). The van der Waals surface area contributed by atoms with E-state index in [0.29, 0.717) is 6.42 Å². The number of anilines is 2. The summed E-state index contributed by atoms with van der Waals surface area (Å²) in [5, 5.41) is 19.6. The van der Waals surface area contributed by atoms with E-state index in [1.807, 2.05) is 0 Å². The summed E-state index contributed by atoms with van der Waals surface area (Å²) in [6.45, 7) is 0.